The number of carbonyl (C=O) groups excluding carboxylic acids is 1. The topological polar surface area (TPSA) is 88.9 Å². The monoisotopic (exact) mass is 175 g/mol. The molecule has 0 spiro atoms. The summed E-state index contributed by atoms with van der Waals surface area (Å²) in [7, 11) is 0. The number of hydrogen-bond donors (Lipinski definition) is 1. The van der Waals surface area contributed by atoms with Crippen molar-refractivity contribution < 1.29 is 9.72 Å². The number of halogens is 1. The Morgan fingerprint density at radius 2 is 2.45 bits per heavy atom. The number of carbonyl (C=O) groups is 1. The molecule has 0 amide bonds. The minimum Gasteiger partial charge on any atom is -0.358 e. The number of nitrogens with one attached hydrogen (secondary N) is 1. The molecule has 0 aromatic carbocycles. The highest BCUT2D eigenvalue weighted by atomic mass is 35.5. The largest absolute Gasteiger partial charge is 0.358 e. The molecule has 0 fully saturated rings. The molecular weight excluding hydrogens is 174 g/mol. The quantitative estimate of drug-likeness (QED) is 0.407. The molecule has 0 aliphatic heterocycles. The van der Waals surface area contributed by atoms with Crippen molar-refractivity contribution in [1.29, 1.82) is 0 Å². The first-order chi connectivity index (χ1) is 5.11. The zero-order chi connectivity index (χ0) is 8.43. The van der Waals surface area contributed by atoms with E-state index in [1.165, 1.54) is 0 Å². The first kappa shape index (κ1) is 7.67. The normalized spacial score (nSPS) is 9.55. The Kier molecular flexibility index (Phi) is 1.86. The van der Waals surface area contributed by atoms with E-state index in [4.69, 9.17) is 11.6 Å². The Hall–Kier alpha value is -1.43. The number of nitrogens with zero attached hydrogens (tertiary/aromatic N) is 2. The van der Waals surface area contributed by atoms with Gasteiger partial charge in [0.1, 0.15) is 0 Å². The lowest BCUT2D eigenvalue weighted by molar-refractivity contribution is -0.389. The van der Waals surface area contributed by atoms with Crippen molar-refractivity contribution >= 4 is 22.7 Å². The second kappa shape index (κ2) is 2.67. The van der Waals surface area contributed by atoms with Gasteiger partial charge in [-0.05, 0) is 16.5 Å². The standard InChI is InChI=1S/C4H2ClN3O3/c5-4(9)2-1-3(7-6-2)8(10)11/h1H,(H,6,7). The molecule has 0 aliphatic rings. The summed E-state index contributed by atoms with van der Waals surface area (Å²) in [5.74, 6) is -0.353. The predicted octanol–water partition coefficient (Wildman–Crippen LogP) is 0.697. The second-order valence-electron chi connectivity index (χ2n) is 1.67. The Bertz CT molecular complexity index is 279. The maximum absolute atomic E-state index is 10.3. The molecule has 0 atom stereocenters. The zero-order valence-corrected chi connectivity index (χ0v) is 5.83. The van der Waals surface area contributed by atoms with Gasteiger partial charge in [0.2, 0.25) is 0 Å². The van der Waals surface area contributed by atoms with Crippen molar-refractivity contribution in [3.05, 3.63) is 21.9 Å². The average molecular weight is 176 g/mol. The number of H-pyrrole nitrogens is 1. The minimum absolute atomic E-state index is 0.154. The van der Waals surface area contributed by atoms with Gasteiger partial charge in [-0.1, -0.05) is 5.10 Å². The Labute approximate surface area is 65.3 Å². The molecule has 1 N–H and O–H groups in total. The van der Waals surface area contributed by atoms with Crippen LogP contribution in [0.3, 0.4) is 0 Å². The van der Waals surface area contributed by atoms with Crippen molar-refractivity contribution in [2.75, 3.05) is 0 Å². The van der Waals surface area contributed by atoms with Crippen LogP contribution in [0.2, 0.25) is 0 Å². The first-order valence-corrected chi connectivity index (χ1v) is 2.88. The summed E-state index contributed by atoms with van der Waals surface area (Å²) in [4.78, 5) is 19.7. The van der Waals surface area contributed by atoms with E-state index < -0.39 is 10.2 Å². The molecule has 0 bridgehead atoms. The Balaban J connectivity index is 2.99. The second-order valence-corrected chi connectivity index (χ2v) is 2.01. The van der Waals surface area contributed by atoms with Gasteiger partial charge in [0.15, 0.2) is 5.69 Å². The van der Waals surface area contributed by atoms with Crippen LogP contribution >= 0.6 is 11.6 Å². The van der Waals surface area contributed by atoms with Crippen LogP contribution in [-0.4, -0.2) is 20.4 Å². The smallest absolute Gasteiger partial charge is 0.343 e. The minimum atomic E-state index is -0.825. The number of hydrogen-bond acceptors (Lipinski definition) is 4. The summed E-state index contributed by atoms with van der Waals surface area (Å²) in [6, 6.07) is 0.968. The molecule has 1 aromatic heterocycles. The van der Waals surface area contributed by atoms with Crippen LogP contribution in [0.4, 0.5) is 5.82 Å². The first-order valence-electron chi connectivity index (χ1n) is 2.51. The molecule has 58 valence electrons. The van der Waals surface area contributed by atoms with E-state index in [1.54, 1.807) is 0 Å². The van der Waals surface area contributed by atoms with Crippen LogP contribution in [0.25, 0.3) is 0 Å². The van der Waals surface area contributed by atoms with E-state index in [9.17, 15) is 14.9 Å². The molecule has 0 radical (unpaired) electrons. The van der Waals surface area contributed by atoms with E-state index in [-0.39, 0.29) is 11.5 Å². The van der Waals surface area contributed by atoms with Gasteiger partial charge in [0.25, 0.3) is 5.24 Å². The molecule has 0 saturated carbocycles. The van der Waals surface area contributed by atoms with Gasteiger partial charge >= 0.3 is 5.82 Å². The van der Waals surface area contributed by atoms with E-state index in [0.29, 0.717) is 0 Å². The van der Waals surface area contributed by atoms with Crippen LogP contribution in [0, 0.1) is 10.1 Å². The van der Waals surface area contributed by atoms with Crippen LogP contribution in [0.5, 0.6) is 0 Å². The summed E-state index contributed by atoms with van der Waals surface area (Å²) in [5.41, 5.74) is -0.154. The summed E-state index contributed by atoms with van der Waals surface area (Å²) in [6.07, 6.45) is 0. The fourth-order valence-electron chi connectivity index (χ4n) is 0.506. The number of aromatic amines is 1. The molecule has 0 saturated heterocycles. The maximum Gasteiger partial charge on any atom is 0.343 e. The van der Waals surface area contributed by atoms with Crippen molar-refractivity contribution in [2.45, 2.75) is 0 Å². The molecular formula is C4H2ClN3O3. The Morgan fingerprint density at radius 1 is 1.82 bits per heavy atom. The zero-order valence-electron chi connectivity index (χ0n) is 5.07. The van der Waals surface area contributed by atoms with Crippen LogP contribution in [0.1, 0.15) is 10.5 Å². The third-order valence-electron chi connectivity index (χ3n) is 0.962. The molecule has 6 nitrogen and oxygen atoms in total. The van der Waals surface area contributed by atoms with Gasteiger partial charge in [-0.3, -0.25) is 4.79 Å². The fourth-order valence-corrected chi connectivity index (χ4v) is 0.603. The third-order valence-corrected chi connectivity index (χ3v) is 1.16. The molecule has 0 aliphatic carbocycles. The average Bonchev–Trinajstić information content (AvgIpc) is 2.33. The molecule has 11 heavy (non-hydrogen) atoms. The number of aromatic nitrogens is 2. The third kappa shape index (κ3) is 1.53. The Morgan fingerprint density at radius 3 is 2.73 bits per heavy atom. The highest BCUT2D eigenvalue weighted by molar-refractivity contribution is 6.67. The van der Waals surface area contributed by atoms with Crippen molar-refractivity contribution in [3.8, 4) is 0 Å². The fraction of sp³-hybridized carbons (Fsp3) is 0. The number of nitro groups is 1. The van der Waals surface area contributed by atoms with Crippen molar-refractivity contribution in [2.24, 2.45) is 0 Å². The van der Waals surface area contributed by atoms with Crippen LogP contribution < -0.4 is 0 Å². The van der Waals surface area contributed by atoms with Gasteiger partial charge in [-0.25, -0.2) is 0 Å². The highest BCUT2D eigenvalue weighted by Gasteiger charge is 2.13. The summed E-state index contributed by atoms with van der Waals surface area (Å²) >= 11 is 4.98. The summed E-state index contributed by atoms with van der Waals surface area (Å²) < 4.78 is 0. The van der Waals surface area contributed by atoms with Crippen LogP contribution in [0.15, 0.2) is 6.07 Å². The molecule has 0 unspecified atom stereocenters. The SMILES string of the molecule is O=C(Cl)c1cc([N+](=O)[O-])[nH]n1. The van der Waals surface area contributed by atoms with Crippen molar-refractivity contribution in [1.82, 2.24) is 10.2 Å². The highest BCUT2D eigenvalue weighted by Crippen LogP contribution is 2.09. The van der Waals surface area contributed by atoms with Gasteiger partial charge in [-0.2, -0.15) is 0 Å². The molecule has 1 aromatic rings. The van der Waals surface area contributed by atoms with Gasteiger partial charge < -0.3 is 10.1 Å². The predicted molar refractivity (Wildman–Crippen MR) is 35.4 cm³/mol. The summed E-state index contributed by atoms with van der Waals surface area (Å²) in [5, 5.41) is 14.5. The lowest BCUT2D eigenvalue weighted by atomic mass is 10.5. The van der Waals surface area contributed by atoms with Crippen molar-refractivity contribution in [3.63, 3.8) is 0 Å². The lowest BCUT2D eigenvalue weighted by Gasteiger charge is -1.83. The van der Waals surface area contributed by atoms with Gasteiger partial charge in [-0.15, -0.1) is 5.10 Å². The molecule has 7 heteroatoms. The van der Waals surface area contributed by atoms with E-state index in [0.717, 1.165) is 6.07 Å². The van der Waals surface area contributed by atoms with E-state index in [1.807, 2.05) is 5.10 Å². The van der Waals surface area contributed by atoms with E-state index in [2.05, 4.69) is 5.10 Å². The van der Waals surface area contributed by atoms with Crippen LogP contribution in [-0.2, 0) is 0 Å². The van der Waals surface area contributed by atoms with Gasteiger partial charge in [0, 0.05) is 0 Å². The molecule has 1 heterocycles. The molecule has 1 rings (SSSR count). The number of rotatable bonds is 2. The lowest BCUT2D eigenvalue weighted by Crippen LogP contribution is -1.86. The maximum atomic E-state index is 10.3. The van der Waals surface area contributed by atoms with E-state index >= 15 is 0 Å². The van der Waals surface area contributed by atoms with Gasteiger partial charge in [0.05, 0.1) is 6.07 Å². The summed E-state index contributed by atoms with van der Waals surface area (Å²) in [6.45, 7) is 0.